The summed E-state index contributed by atoms with van der Waals surface area (Å²) in [5.74, 6) is 0.566. The van der Waals surface area contributed by atoms with Gasteiger partial charge in [0.25, 0.3) is 0 Å². The van der Waals surface area contributed by atoms with Crippen molar-refractivity contribution >= 4 is 21.4 Å². The average molecular weight is 324 g/mol. The van der Waals surface area contributed by atoms with Crippen LogP contribution in [-0.4, -0.2) is 50.6 Å². The molecule has 0 saturated carbocycles. The Morgan fingerprint density at radius 2 is 2.05 bits per heavy atom. The third-order valence-corrected chi connectivity index (χ3v) is 6.00. The molecule has 1 aromatic carbocycles. The zero-order valence-electron chi connectivity index (χ0n) is 12.9. The first-order chi connectivity index (χ1) is 10.2. The number of benzene rings is 1. The van der Waals surface area contributed by atoms with Gasteiger partial charge in [0.05, 0.1) is 30.2 Å². The number of sulfone groups is 1. The molecule has 120 valence electrons. The van der Waals surface area contributed by atoms with Crippen LogP contribution in [0.15, 0.2) is 24.3 Å². The largest absolute Gasteiger partial charge is 0.497 e. The number of anilines is 1. The number of hydrogen-bond donors (Lipinski definition) is 1. The number of nitrogens with one attached hydrogen (secondary N) is 1. The number of nitrogens with zero attached hydrogens (tertiary/aromatic N) is 1. The number of ether oxygens (including phenoxy) is 1. The summed E-state index contributed by atoms with van der Waals surface area (Å²) in [6, 6.07) is 6.55. The summed E-state index contributed by atoms with van der Waals surface area (Å²) in [5, 5.41) is 3.19. The summed E-state index contributed by atoms with van der Waals surface area (Å²) in [5.41, 5.74) is -0.129. The van der Waals surface area contributed by atoms with E-state index in [4.69, 9.17) is 4.74 Å². The van der Waals surface area contributed by atoms with Gasteiger partial charge >= 0.3 is 0 Å². The zero-order valence-corrected chi connectivity index (χ0v) is 13.7. The molecule has 3 rings (SSSR count). The van der Waals surface area contributed by atoms with Crippen molar-refractivity contribution in [2.24, 2.45) is 0 Å². The van der Waals surface area contributed by atoms with E-state index < -0.39 is 15.4 Å². The Morgan fingerprint density at radius 3 is 2.73 bits per heavy atom. The third kappa shape index (κ3) is 2.48. The van der Waals surface area contributed by atoms with Gasteiger partial charge in [-0.3, -0.25) is 10.1 Å². The van der Waals surface area contributed by atoms with Gasteiger partial charge in [-0.15, -0.1) is 0 Å². The molecule has 1 N–H and O–H groups in total. The van der Waals surface area contributed by atoms with Crippen LogP contribution in [0, 0.1) is 0 Å². The molecule has 0 bridgehead atoms. The molecule has 7 heteroatoms. The molecule has 0 spiro atoms. The predicted molar refractivity (Wildman–Crippen MR) is 83.9 cm³/mol. The van der Waals surface area contributed by atoms with Crippen LogP contribution in [0.25, 0.3) is 0 Å². The van der Waals surface area contributed by atoms with Crippen molar-refractivity contribution in [2.45, 2.75) is 31.5 Å². The van der Waals surface area contributed by atoms with Crippen molar-refractivity contribution in [3.63, 3.8) is 0 Å². The van der Waals surface area contributed by atoms with Gasteiger partial charge in [-0.25, -0.2) is 8.42 Å². The van der Waals surface area contributed by atoms with Gasteiger partial charge in [0, 0.05) is 17.8 Å². The maximum atomic E-state index is 12.8. The maximum absolute atomic E-state index is 12.8. The van der Waals surface area contributed by atoms with E-state index in [-0.39, 0.29) is 29.5 Å². The van der Waals surface area contributed by atoms with Crippen molar-refractivity contribution in [3.8, 4) is 5.75 Å². The molecule has 1 aromatic rings. The fourth-order valence-corrected chi connectivity index (χ4v) is 5.16. The standard InChI is InChI=1S/C15H20N2O4S/c1-15(2)14(18)17(10-5-4-6-11(7-10)21-3)13-9-22(19,20)8-12(13)16-15/h4-7,12-13,16H,8-9H2,1-3H3/t12-,13+/m1/s1. The lowest BCUT2D eigenvalue weighted by molar-refractivity contribution is -0.126. The van der Waals surface area contributed by atoms with Gasteiger partial charge in [0.15, 0.2) is 9.84 Å². The first-order valence-electron chi connectivity index (χ1n) is 7.19. The van der Waals surface area contributed by atoms with Crippen LogP contribution in [0.1, 0.15) is 13.8 Å². The van der Waals surface area contributed by atoms with Crippen molar-refractivity contribution in [1.29, 1.82) is 0 Å². The zero-order chi connectivity index (χ0) is 16.1. The molecule has 2 fully saturated rings. The van der Waals surface area contributed by atoms with Gasteiger partial charge in [0.2, 0.25) is 5.91 Å². The Morgan fingerprint density at radius 1 is 1.32 bits per heavy atom. The highest BCUT2D eigenvalue weighted by Crippen LogP contribution is 2.33. The van der Waals surface area contributed by atoms with E-state index in [2.05, 4.69) is 5.32 Å². The average Bonchev–Trinajstić information content (AvgIpc) is 2.73. The van der Waals surface area contributed by atoms with Crippen LogP contribution in [0.3, 0.4) is 0 Å². The number of amides is 1. The maximum Gasteiger partial charge on any atom is 0.247 e. The highest BCUT2D eigenvalue weighted by molar-refractivity contribution is 7.91. The highest BCUT2D eigenvalue weighted by Gasteiger charge is 2.52. The Bertz CT molecular complexity index is 714. The van der Waals surface area contributed by atoms with Crippen molar-refractivity contribution < 1.29 is 17.9 Å². The van der Waals surface area contributed by atoms with Crippen LogP contribution < -0.4 is 15.0 Å². The molecular weight excluding hydrogens is 304 g/mol. The molecule has 22 heavy (non-hydrogen) atoms. The second kappa shape index (κ2) is 4.96. The second-order valence-electron chi connectivity index (χ2n) is 6.40. The first-order valence-corrected chi connectivity index (χ1v) is 9.01. The normalized spacial score (nSPS) is 29.2. The monoisotopic (exact) mass is 324 g/mol. The van der Waals surface area contributed by atoms with Gasteiger partial charge in [-0.05, 0) is 26.0 Å². The lowest BCUT2D eigenvalue weighted by Crippen LogP contribution is -2.69. The molecule has 2 heterocycles. The van der Waals surface area contributed by atoms with Gasteiger partial charge < -0.3 is 9.64 Å². The molecule has 2 saturated heterocycles. The molecular formula is C15H20N2O4S. The van der Waals surface area contributed by atoms with Crippen LogP contribution in [-0.2, 0) is 14.6 Å². The van der Waals surface area contributed by atoms with Gasteiger partial charge in [-0.2, -0.15) is 0 Å². The van der Waals surface area contributed by atoms with E-state index >= 15 is 0 Å². The Kier molecular flexibility index (Phi) is 3.45. The number of rotatable bonds is 2. The van der Waals surface area contributed by atoms with Crippen molar-refractivity contribution in [2.75, 3.05) is 23.5 Å². The second-order valence-corrected chi connectivity index (χ2v) is 8.55. The lowest BCUT2D eigenvalue weighted by atomic mass is 9.93. The lowest BCUT2D eigenvalue weighted by Gasteiger charge is -2.45. The molecule has 2 aliphatic heterocycles. The Labute approximate surface area is 130 Å². The summed E-state index contributed by atoms with van der Waals surface area (Å²) in [6.45, 7) is 3.56. The number of hydrogen-bond acceptors (Lipinski definition) is 5. The van der Waals surface area contributed by atoms with Gasteiger partial charge in [0.1, 0.15) is 5.75 Å². The molecule has 0 aromatic heterocycles. The number of methoxy groups -OCH3 is 1. The summed E-state index contributed by atoms with van der Waals surface area (Å²) in [6.07, 6.45) is 0. The van der Waals surface area contributed by atoms with Gasteiger partial charge in [-0.1, -0.05) is 6.07 Å². The Balaban J connectivity index is 2.07. The number of carbonyl (C=O) groups is 1. The smallest absolute Gasteiger partial charge is 0.247 e. The number of carbonyl (C=O) groups excluding carboxylic acids is 1. The topological polar surface area (TPSA) is 75.7 Å². The SMILES string of the molecule is COc1cccc(N2C(=O)C(C)(C)N[C@@H]3CS(=O)(=O)C[C@@H]32)c1. The van der Waals surface area contributed by atoms with E-state index in [1.165, 1.54) is 0 Å². The molecule has 6 nitrogen and oxygen atoms in total. The predicted octanol–water partition coefficient (Wildman–Crippen LogP) is 0.576. The molecule has 2 aliphatic rings. The molecule has 0 aliphatic carbocycles. The van der Waals surface area contributed by atoms with E-state index in [1.807, 2.05) is 6.07 Å². The quantitative estimate of drug-likeness (QED) is 0.861. The number of fused-ring (bicyclic) bond motifs is 1. The summed E-state index contributed by atoms with van der Waals surface area (Å²) < 4.78 is 29.2. The first kappa shape index (κ1) is 15.3. The van der Waals surface area contributed by atoms with E-state index in [0.29, 0.717) is 11.4 Å². The fraction of sp³-hybridized carbons (Fsp3) is 0.533. The van der Waals surface area contributed by atoms with E-state index in [9.17, 15) is 13.2 Å². The highest BCUT2D eigenvalue weighted by atomic mass is 32.2. The third-order valence-electron chi connectivity index (χ3n) is 4.29. The fourth-order valence-electron chi connectivity index (χ4n) is 3.27. The summed E-state index contributed by atoms with van der Waals surface area (Å²) in [7, 11) is -1.59. The van der Waals surface area contributed by atoms with Crippen LogP contribution >= 0.6 is 0 Å². The van der Waals surface area contributed by atoms with Crippen LogP contribution in [0.4, 0.5) is 5.69 Å². The van der Waals surface area contributed by atoms with Crippen LogP contribution in [0.5, 0.6) is 5.75 Å². The number of piperazine rings is 1. The van der Waals surface area contributed by atoms with Crippen molar-refractivity contribution in [1.82, 2.24) is 5.32 Å². The molecule has 2 atom stereocenters. The molecule has 0 radical (unpaired) electrons. The molecule has 1 amide bonds. The summed E-state index contributed by atoms with van der Waals surface area (Å²) >= 11 is 0. The van der Waals surface area contributed by atoms with Crippen molar-refractivity contribution in [3.05, 3.63) is 24.3 Å². The van der Waals surface area contributed by atoms with E-state index in [1.54, 1.807) is 44.1 Å². The minimum Gasteiger partial charge on any atom is -0.497 e. The summed E-state index contributed by atoms with van der Waals surface area (Å²) in [4.78, 5) is 14.4. The molecule has 0 unspecified atom stereocenters. The Hall–Kier alpha value is -1.60. The van der Waals surface area contributed by atoms with E-state index in [0.717, 1.165) is 0 Å². The van der Waals surface area contributed by atoms with Crippen LogP contribution in [0.2, 0.25) is 0 Å². The minimum absolute atomic E-state index is 0.0102. The minimum atomic E-state index is -3.15.